The van der Waals surface area contributed by atoms with Crippen molar-refractivity contribution >= 4 is 17.5 Å². The molecule has 0 unspecified atom stereocenters. The van der Waals surface area contributed by atoms with Gasteiger partial charge in [0, 0.05) is 17.9 Å². The van der Waals surface area contributed by atoms with Gasteiger partial charge in [0.15, 0.2) is 0 Å². The van der Waals surface area contributed by atoms with E-state index in [9.17, 15) is 9.90 Å². The second-order valence-electron chi connectivity index (χ2n) is 4.78. The molecule has 1 aliphatic rings. The van der Waals surface area contributed by atoms with Crippen LogP contribution in [-0.4, -0.2) is 28.1 Å². The lowest BCUT2D eigenvalue weighted by molar-refractivity contribution is 0.0867. The third kappa shape index (κ3) is 3.21. The van der Waals surface area contributed by atoms with E-state index in [1.165, 1.54) is 6.20 Å². The highest BCUT2D eigenvalue weighted by Gasteiger charge is 2.22. The van der Waals surface area contributed by atoms with Crippen LogP contribution in [-0.2, 0) is 0 Å². The molecule has 1 aliphatic carbocycles. The van der Waals surface area contributed by atoms with Crippen molar-refractivity contribution in [3.05, 3.63) is 28.5 Å². The summed E-state index contributed by atoms with van der Waals surface area (Å²) in [6.07, 6.45) is 4.39. The van der Waals surface area contributed by atoms with Crippen LogP contribution in [0.4, 0.5) is 0 Å². The number of carbonyl (C=O) groups is 1. The molecule has 2 N–H and O–H groups in total. The zero-order valence-electron chi connectivity index (χ0n) is 10.3. The molecule has 1 heterocycles. The number of nitrogens with one attached hydrogen (secondary N) is 1. The number of hydrogen-bond acceptors (Lipinski definition) is 3. The summed E-state index contributed by atoms with van der Waals surface area (Å²) in [5.41, 5.74) is 1.20. The van der Waals surface area contributed by atoms with Gasteiger partial charge < -0.3 is 10.4 Å². The monoisotopic (exact) mass is 268 g/mol. The summed E-state index contributed by atoms with van der Waals surface area (Å²) < 4.78 is 0. The average Bonchev–Trinajstić information content (AvgIpc) is 2.32. The van der Waals surface area contributed by atoms with Gasteiger partial charge in [0.1, 0.15) is 0 Å². The van der Waals surface area contributed by atoms with Crippen molar-refractivity contribution in [3.8, 4) is 0 Å². The van der Waals surface area contributed by atoms with Gasteiger partial charge in [0.2, 0.25) is 0 Å². The van der Waals surface area contributed by atoms with Crippen LogP contribution in [0.1, 0.15) is 41.7 Å². The predicted octanol–water partition coefficient (Wildman–Crippen LogP) is 2.08. The van der Waals surface area contributed by atoms with Gasteiger partial charge in [-0.15, -0.1) is 0 Å². The molecule has 18 heavy (non-hydrogen) atoms. The summed E-state index contributed by atoms with van der Waals surface area (Å²) >= 11 is 6.02. The lowest BCUT2D eigenvalue weighted by Gasteiger charge is -2.26. The van der Waals surface area contributed by atoms with E-state index in [1.807, 2.05) is 6.92 Å². The number of rotatable bonds is 2. The zero-order valence-corrected chi connectivity index (χ0v) is 11.1. The molecule has 4 nitrogen and oxygen atoms in total. The molecule has 2 rings (SSSR count). The third-order valence-corrected chi connectivity index (χ3v) is 3.58. The molecule has 1 amide bonds. The quantitative estimate of drug-likeness (QED) is 0.863. The molecular formula is C13H17ClN2O2. The summed E-state index contributed by atoms with van der Waals surface area (Å²) in [6.45, 7) is 1.83. The normalized spacial score (nSPS) is 23.7. The number of carbonyl (C=O) groups excluding carboxylic acids is 1. The number of aromatic nitrogens is 1. The fraction of sp³-hybridized carbons (Fsp3) is 0.538. The molecule has 1 aromatic heterocycles. The minimum absolute atomic E-state index is 0.123. The Labute approximate surface area is 111 Å². The molecule has 0 aromatic carbocycles. The first-order valence-corrected chi connectivity index (χ1v) is 6.55. The number of pyridine rings is 1. The van der Waals surface area contributed by atoms with Crippen LogP contribution < -0.4 is 5.32 Å². The Hall–Kier alpha value is -1.13. The summed E-state index contributed by atoms with van der Waals surface area (Å²) in [6, 6.07) is 1.81. The van der Waals surface area contributed by atoms with E-state index >= 15 is 0 Å². The maximum atomic E-state index is 12.0. The first kappa shape index (κ1) is 13.3. The van der Waals surface area contributed by atoms with Gasteiger partial charge >= 0.3 is 0 Å². The van der Waals surface area contributed by atoms with E-state index in [4.69, 9.17) is 11.6 Å². The van der Waals surface area contributed by atoms with E-state index in [0.717, 1.165) is 31.4 Å². The second kappa shape index (κ2) is 5.67. The first-order valence-electron chi connectivity index (χ1n) is 6.17. The molecular weight excluding hydrogens is 252 g/mol. The fourth-order valence-corrected chi connectivity index (χ4v) is 2.47. The number of amides is 1. The summed E-state index contributed by atoms with van der Waals surface area (Å²) in [5.74, 6) is -0.186. The van der Waals surface area contributed by atoms with Gasteiger partial charge in [-0.3, -0.25) is 9.78 Å². The Balaban J connectivity index is 1.99. The van der Waals surface area contributed by atoms with Crippen molar-refractivity contribution in [2.75, 3.05) is 0 Å². The average molecular weight is 269 g/mol. The maximum Gasteiger partial charge on any atom is 0.254 e. The van der Waals surface area contributed by atoms with Gasteiger partial charge in [-0.05, 0) is 38.7 Å². The maximum absolute atomic E-state index is 12.0. The largest absolute Gasteiger partial charge is 0.393 e. The van der Waals surface area contributed by atoms with Crippen LogP contribution in [0.3, 0.4) is 0 Å². The third-order valence-electron chi connectivity index (χ3n) is 3.27. The minimum atomic E-state index is -0.220. The van der Waals surface area contributed by atoms with Gasteiger partial charge in [0.05, 0.1) is 16.7 Å². The predicted molar refractivity (Wildman–Crippen MR) is 69.7 cm³/mol. The number of hydrogen-bond donors (Lipinski definition) is 2. The smallest absolute Gasteiger partial charge is 0.254 e. The highest BCUT2D eigenvalue weighted by Crippen LogP contribution is 2.20. The lowest BCUT2D eigenvalue weighted by Crippen LogP contribution is -2.38. The number of aliphatic hydroxyl groups excluding tert-OH is 1. The highest BCUT2D eigenvalue weighted by molar-refractivity contribution is 6.33. The molecule has 0 radical (unpaired) electrons. The Morgan fingerprint density at radius 1 is 1.44 bits per heavy atom. The van der Waals surface area contributed by atoms with Crippen molar-refractivity contribution in [2.45, 2.75) is 44.8 Å². The molecule has 5 heteroatoms. The van der Waals surface area contributed by atoms with Crippen LogP contribution in [0.2, 0.25) is 5.02 Å². The van der Waals surface area contributed by atoms with Gasteiger partial charge in [-0.1, -0.05) is 11.6 Å². The molecule has 0 atom stereocenters. The molecule has 0 bridgehead atoms. The first-order chi connectivity index (χ1) is 8.56. The summed E-state index contributed by atoms with van der Waals surface area (Å²) in [5, 5.41) is 12.8. The summed E-state index contributed by atoms with van der Waals surface area (Å²) in [7, 11) is 0. The zero-order chi connectivity index (χ0) is 13.1. The lowest BCUT2D eigenvalue weighted by atomic mass is 9.93. The van der Waals surface area contributed by atoms with Crippen molar-refractivity contribution in [3.63, 3.8) is 0 Å². The Bertz CT molecular complexity index is 443. The van der Waals surface area contributed by atoms with Gasteiger partial charge in [0.25, 0.3) is 5.91 Å². The van der Waals surface area contributed by atoms with Crippen molar-refractivity contribution < 1.29 is 9.90 Å². The van der Waals surface area contributed by atoms with E-state index in [0.29, 0.717) is 10.6 Å². The van der Waals surface area contributed by atoms with E-state index in [2.05, 4.69) is 10.3 Å². The molecule has 0 spiro atoms. The van der Waals surface area contributed by atoms with E-state index < -0.39 is 0 Å². The number of halogens is 1. The van der Waals surface area contributed by atoms with Crippen LogP contribution in [0.25, 0.3) is 0 Å². The molecule has 1 aromatic rings. The van der Waals surface area contributed by atoms with Crippen molar-refractivity contribution in [2.24, 2.45) is 0 Å². The van der Waals surface area contributed by atoms with E-state index in [1.54, 1.807) is 6.07 Å². The van der Waals surface area contributed by atoms with Crippen LogP contribution in [0.15, 0.2) is 12.3 Å². The molecule has 1 fully saturated rings. The molecule has 98 valence electrons. The minimum Gasteiger partial charge on any atom is -0.393 e. The standard InChI is InChI=1S/C13H17ClN2O2/c1-8-6-12(14)11(7-15-8)13(18)16-9-2-4-10(17)5-3-9/h6-7,9-10,17H,2-5H2,1H3,(H,16,18). The number of aliphatic hydroxyl groups is 1. The summed E-state index contributed by atoms with van der Waals surface area (Å²) in [4.78, 5) is 16.1. The topological polar surface area (TPSA) is 62.2 Å². The number of aryl methyl sites for hydroxylation is 1. The second-order valence-corrected chi connectivity index (χ2v) is 5.19. The van der Waals surface area contributed by atoms with Crippen LogP contribution in [0.5, 0.6) is 0 Å². The SMILES string of the molecule is Cc1cc(Cl)c(C(=O)NC2CCC(O)CC2)cn1. The van der Waals surface area contributed by atoms with Gasteiger partial charge in [-0.25, -0.2) is 0 Å². The Morgan fingerprint density at radius 3 is 2.72 bits per heavy atom. The molecule has 0 aliphatic heterocycles. The fourth-order valence-electron chi connectivity index (χ4n) is 2.18. The van der Waals surface area contributed by atoms with Crippen molar-refractivity contribution in [1.29, 1.82) is 0 Å². The van der Waals surface area contributed by atoms with Crippen LogP contribution in [0, 0.1) is 6.92 Å². The molecule has 0 saturated heterocycles. The highest BCUT2D eigenvalue weighted by atomic mass is 35.5. The number of nitrogens with zero attached hydrogens (tertiary/aromatic N) is 1. The van der Waals surface area contributed by atoms with E-state index in [-0.39, 0.29) is 18.1 Å². The Morgan fingerprint density at radius 2 is 2.11 bits per heavy atom. The van der Waals surface area contributed by atoms with Gasteiger partial charge in [-0.2, -0.15) is 0 Å². The Kier molecular flexibility index (Phi) is 4.19. The molecule has 1 saturated carbocycles. The van der Waals surface area contributed by atoms with Crippen LogP contribution >= 0.6 is 11.6 Å². The van der Waals surface area contributed by atoms with Crippen molar-refractivity contribution in [1.82, 2.24) is 10.3 Å².